The number of carbonyl (C=O) groups excluding carboxylic acids is 1. The van der Waals surface area contributed by atoms with E-state index in [4.69, 9.17) is 9.47 Å². The maximum atomic E-state index is 12.2. The zero-order valence-electron chi connectivity index (χ0n) is 14.1. The zero-order valence-corrected chi connectivity index (χ0v) is 14.1. The van der Waals surface area contributed by atoms with Gasteiger partial charge in [0.1, 0.15) is 5.75 Å². The molecule has 0 radical (unpaired) electrons. The second kappa shape index (κ2) is 7.14. The first-order chi connectivity index (χ1) is 10.4. The Balaban J connectivity index is 2.01. The van der Waals surface area contributed by atoms with Gasteiger partial charge in [0.05, 0.1) is 19.6 Å². The summed E-state index contributed by atoms with van der Waals surface area (Å²) in [7, 11) is 1.64. The van der Waals surface area contributed by atoms with Crippen molar-refractivity contribution in [3.8, 4) is 5.75 Å². The molecule has 2 rings (SSSR count). The first-order valence-electron chi connectivity index (χ1n) is 7.96. The van der Waals surface area contributed by atoms with E-state index in [1.165, 1.54) is 5.56 Å². The Bertz CT molecular complexity index is 514. The number of rotatable bonds is 5. The third kappa shape index (κ3) is 4.47. The Morgan fingerprint density at radius 1 is 1.41 bits per heavy atom. The number of hydrogen-bond acceptors (Lipinski definition) is 3. The van der Waals surface area contributed by atoms with Gasteiger partial charge in [0.15, 0.2) is 0 Å². The van der Waals surface area contributed by atoms with Gasteiger partial charge in [-0.1, -0.05) is 32.9 Å². The van der Waals surface area contributed by atoms with E-state index < -0.39 is 0 Å². The zero-order chi connectivity index (χ0) is 16.2. The molecule has 4 heteroatoms. The molecule has 1 aromatic carbocycles. The van der Waals surface area contributed by atoms with Crippen LogP contribution in [0.4, 0.5) is 0 Å². The van der Waals surface area contributed by atoms with Crippen LogP contribution in [0.5, 0.6) is 5.75 Å². The molecule has 1 unspecified atom stereocenters. The fourth-order valence-corrected chi connectivity index (χ4v) is 2.65. The third-order valence-corrected chi connectivity index (χ3v) is 4.05. The summed E-state index contributed by atoms with van der Waals surface area (Å²) in [6, 6.07) is 6.08. The van der Waals surface area contributed by atoms with Crippen molar-refractivity contribution in [2.75, 3.05) is 20.3 Å². The Morgan fingerprint density at radius 3 is 2.77 bits per heavy atom. The molecule has 0 saturated carbocycles. The summed E-state index contributed by atoms with van der Waals surface area (Å²) >= 11 is 0. The molecular formula is C18H27NO3. The van der Waals surface area contributed by atoms with Gasteiger partial charge < -0.3 is 14.8 Å². The molecule has 1 aromatic rings. The number of hydrogen-bond donors (Lipinski definition) is 1. The van der Waals surface area contributed by atoms with Gasteiger partial charge >= 0.3 is 0 Å². The molecule has 1 fully saturated rings. The molecular weight excluding hydrogens is 278 g/mol. The van der Waals surface area contributed by atoms with Gasteiger partial charge in [-0.3, -0.25) is 4.79 Å². The highest BCUT2D eigenvalue weighted by Crippen LogP contribution is 2.28. The second-order valence-electron chi connectivity index (χ2n) is 6.89. The Morgan fingerprint density at radius 2 is 2.18 bits per heavy atom. The van der Waals surface area contributed by atoms with Crippen LogP contribution in [0.25, 0.3) is 0 Å². The first-order valence-corrected chi connectivity index (χ1v) is 7.96. The average molecular weight is 305 g/mol. The summed E-state index contributed by atoms with van der Waals surface area (Å²) in [5, 5.41) is 2.96. The molecule has 1 aliphatic rings. The lowest BCUT2D eigenvalue weighted by Gasteiger charge is -2.21. The van der Waals surface area contributed by atoms with Crippen LogP contribution in [-0.2, 0) is 21.4 Å². The van der Waals surface area contributed by atoms with E-state index in [2.05, 4.69) is 38.2 Å². The molecule has 0 aromatic heterocycles. The van der Waals surface area contributed by atoms with Gasteiger partial charge in [-0.2, -0.15) is 0 Å². The normalized spacial score (nSPS) is 18.3. The molecule has 1 aliphatic heterocycles. The lowest BCUT2D eigenvalue weighted by atomic mass is 9.85. The number of benzene rings is 1. The molecule has 22 heavy (non-hydrogen) atoms. The Hall–Kier alpha value is -1.55. The average Bonchev–Trinajstić information content (AvgIpc) is 2.97. The summed E-state index contributed by atoms with van der Waals surface area (Å²) < 4.78 is 10.9. The van der Waals surface area contributed by atoms with Crippen molar-refractivity contribution < 1.29 is 14.3 Å². The van der Waals surface area contributed by atoms with E-state index in [0.29, 0.717) is 13.0 Å². The summed E-state index contributed by atoms with van der Waals surface area (Å²) in [4.78, 5) is 12.2. The predicted molar refractivity (Wildman–Crippen MR) is 87.4 cm³/mol. The van der Waals surface area contributed by atoms with Crippen LogP contribution in [0.3, 0.4) is 0 Å². The van der Waals surface area contributed by atoms with E-state index in [1.807, 2.05) is 6.07 Å². The van der Waals surface area contributed by atoms with Crippen molar-refractivity contribution >= 4 is 5.91 Å². The fourth-order valence-electron chi connectivity index (χ4n) is 2.65. The molecule has 122 valence electrons. The quantitative estimate of drug-likeness (QED) is 0.910. The van der Waals surface area contributed by atoms with Gasteiger partial charge in [0, 0.05) is 18.7 Å². The number of methoxy groups -OCH3 is 1. The van der Waals surface area contributed by atoms with Crippen LogP contribution in [0, 0.1) is 0 Å². The van der Waals surface area contributed by atoms with E-state index in [1.54, 1.807) is 7.11 Å². The molecule has 0 spiro atoms. The van der Waals surface area contributed by atoms with E-state index in [9.17, 15) is 4.79 Å². The highest BCUT2D eigenvalue weighted by Gasteiger charge is 2.19. The van der Waals surface area contributed by atoms with Crippen molar-refractivity contribution in [2.24, 2.45) is 0 Å². The van der Waals surface area contributed by atoms with Gasteiger partial charge in [0.25, 0.3) is 0 Å². The Kier molecular flexibility index (Phi) is 5.46. The highest BCUT2D eigenvalue weighted by molar-refractivity contribution is 5.79. The number of amides is 1. The molecule has 1 N–H and O–H groups in total. The summed E-state index contributed by atoms with van der Waals surface area (Å²) in [6.45, 7) is 7.89. The topological polar surface area (TPSA) is 47.6 Å². The maximum absolute atomic E-state index is 12.2. The number of nitrogens with one attached hydrogen (secondary N) is 1. The first kappa shape index (κ1) is 16.8. The predicted octanol–water partition coefficient (Wildman–Crippen LogP) is 2.83. The number of ether oxygens (including phenoxy) is 2. The Labute approximate surface area is 133 Å². The van der Waals surface area contributed by atoms with Crippen LogP contribution in [-0.4, -0.2) is 32.3 Å². The summed E-state index contributed by atoms with van der Waals surface area (Å²) in [6.07, 6.45) is 2.62. The molecule has 0 bridgehead atoms. The molecule has 1 atom stereocenters. The maximum Gasteiger partial charge on any atom is 0.224 e. The minimum atomic E-state index is 0.0138. The van der Waals surface area contributed by atoms with Crippen molar-refractivity contribution in [2.45, 2.75) is 51.6 Å². The van der Waals surface area contributed by atoms with Gasteiger partial charge in [-0.25, -0.2) is 0 Å². The van der Waals surface area contributed by atoms with E-state index >= 15 is 0 Å². The standard InChI is InChI=1S/C18H27NO3/c1-18(2,3)14-7-8-16(21-4)13(10-14)11-17(20)19-12-15-6-5-9-22-15/h7-8,10,15H,5-6,9,11-12H2,1-4H3,(H,19,20). The van der Waals surface area contributed by atoms with Crippen LogP contribution >= 0.6 is 0 Å². The summed E-state index contributed by atoms with van der Waals surface area (Å²) in [5.41, 5.74) is 2.19. The lowest BCUT2D eigenvalue weighted by molar-refractivity contribution is -0.120. The molecule has 1 amide bonds. The fraction of sp³-hybridized carbons (Fsp3) is 0.611. The molecule has 1 heterocycles. The van der Waals surface area contributed by atoms with Crippen molar-refractivity contribution in [3.63, 3.8) is 0 Å². The van der Waals surface area contributed by atoms with Crippen LogP contribution in [0.2, 0.25) is 0 Å². The van der Waals surface area contributed by atoms with E-state index in [0.717, 1.165) is 30.8 Å². The monoisotopic (exact) mass is 305 g/mol. The minimum Gasteiger partial charge on any atom is -0.496 e. The largest absolute Gasteiger partial charge is 0.496 e. The van der Waals surface area contributed by atoms with Gasteiger partial charge in [-0.15, -0.1) is 0 Å². The molecule has 0 aliphatic carbocycles. The smallest absolute Gasteiger partial charge is 0.224 e. The molecule has 4 nitrogen and oxygen atoms in total. The lowest BCUT2D eigenvalue weighted by Crippen LogP contribution is -2.32. The third-order valence-electron chi connectivity index (χ3n) is 4.05. The van der Waals surface area contributed by atoms with E-state index in [-0.39, 0.29) is 17.4 Å². The van der Waals surface area contributed by atoms with Crippen molar-refractivity contribution in [3.05, 3.63) is 29.3 Å². The SMILES string of the molecule is COc1ccc(C(C)(C)C)cc1CC(=O)NCC1CCCO1. The highest BCUT2D eigenvalue weighted by atomic mass is 16.5. The molecule has 1 saturated heterocycles. The van der Waals surface area contributed by atoms with Crippen molar-refractivity contribution in [1.29, 1.82) is 0 Å². The van der Waals surface area contributed by atoms with Crippen LogP contribution in [0.15, 0.2) is 18.2 Å². The summed E-state index contributed by atoms with van der Waals surface area (Å²) in [5.74, 6) is 0.778. The van der Waals surface area contributed by atoms with Crippen molar-refractivity contribution in [1.82, 2.24) is 5.32 Å². The minimum absolute atomic E-state index is 0.0138. The van der Waals surface area contributed by atoms with Gasteiger partial charge in [0.2, 0.25) is 5.91 Å². The van der Waals surface area contributed by atoms with Crippen LogP contribution in [0.1, 0.15) is 44.7 Å². The number of carbonyl (C=O) groups is 1. The second-order valence-corrected chi connectivity index (χ2v) is 6.89. The van der Waals surface area contributed by atoms with Crippen LogP contribution < -0.4 is 10.1 Å². The van der Waals surface area contributed by atoms with Gasteiger partial charge in [-0.05, 0) is 29.9 Å².